The molecule has 32 heavy (non-hydrogen) atoms. The average molecular weight is 453 g/mol. The zero-order chi connectivity index (χ0) is 26.4. The highest BCUT2D eigenvalue weighted by molar-refractivity contribution is 5.66. The number of esters is 1. The standard InChI is InChI=1S/C12H20O2.C10H18O.C2H4O2.C2H2O/c1-6-12(5,14-11(4)13)9-7-8-10(2)3;1-5-10(4,11)8-6-7-9(2)3;1-2(3)4;1-2-3/h6,8H,1,7,9H2,2-5H3;5,7,11H,1,6,8H2,2-4H3;1H3,(H,3,4);1H2. The molecule has 0 aromatic carbocycles. The highest BCUT2D eigenvalue weighted by Gasteiger charge is 2.22. The first-order valence-corrected chi connectivity index (χ1v) is 10.3. The van der Waals surface area contributed by atoms with Crippen LogP contribution in [0.25, 0.3) is 0 Å². The second-order valence-corrected chi connectivity index (χ2v) is 7.98. The second-order valence-electron chi connectivity index (χ2n) is 7.98. The van der Waals surface area contributed by atoms with E-state index in [4.69, 9.17) is 19.4 Å². The monoisotopic (exact) mass is 452 g/mol. The molecule has 0 aliphatic heterocycles. The number of allylic oxidation sites excluding steroid dienone is 4. The lowest BCUT2D eigenvalue weighted by atomic mass is 9.99. The Bertz CT molecular complexity index is 637. The minimum atomic E-state index is -0.833. The number of ether oxygens (including phenoxy) is 1. The van der Waals surface area contributed by atoms with E-state index in [1.165, 1.54) is 24.0 Å². The van der Waals surface area contributed by atoms with Crippen LogP contribution in [0.15, 0.2) is 55.2 Å². The Balaban J connectivity index is -0.000000192. The summed E-state index contributed by atoms with van der Waals surface area (Å²) in [7, 11) is 0. The maximum Gasteiger partial charge on any atom is 0.303 e. The SMILES string of the molecule is C=C=O.C=CC(C)(CCC=C(C)C)OC(C)=O.C=CC(C)(O)CCC=C(C)C.CC(=O)O. The van der Waals surface area contributed by atoms with Gasteiger partial charge in [-0.25, -0.2) is 4.79 Å². The molecular weight excluding hydrogens is 408 g/mol. The van der Waals surface area contributed by atoms with Gasteiger partial charge in [0.05, 0.1) is 5.60 Å². The Kier molecular flexibility index (Phi) is 24.7. The van der Waals surface area contributed by atoms with E-state index in [-0.39, 0.29) is 5.97 Å². The molecule has 6 heteroatoms. The highest BCUT2D eigenvalue weighted by Crippen LogP contribution is 2.20. The van der Waals surface area contributed by atoms with Crippen LogP contribution >= 0.6 is 0 Å². The van der Waals surface area contributed by atoms with Crippen molar-refractivity contribution in [2.24, 2.45) is 0 Å². The van der Waals surface area contributed by atoms with Gasteiger partial charge in [0.2, 0.25) is 0 Å². The summed E-state index contributed by atoms with van der Waals surface area (Å²) in [4.78, 5) is 28.4. The van der Waals surface area contributed by atoms with E-state index >= 15 is 0 Å². The molecule has 0 amide bonds. The van der Waals surface area contributed by atoms with E-state index in [0.717, 1.165) is 32.6 Å². The van der Waals surface area contributed by atoms with Gasteiger partial charge in [-0.15, -0.1) is 6.58 Å². The van der Waals surface area contributed by atoms with Crippen LogP contribution in [0.5, 0.6) is 0 Å². The second kappa shape index (κ2) is 21.5. The number of hydrogen-bond acceptors (Lipinski definition) is 5. The minimum absolute atomic E-state index is 0.260. The van der Waals surface area contributed by atoms with Gasteiger partial charge in [0.25, 0.3) is 5.97 Å². The van der Waals surface area contributed by atoms with Gasteiger partial charge < -0.3 is 14.9 Å². The van der Waals surface area contributed by atoms with E-state index in [0.29, 0.717) is 0 Å². The largest absolute Gasteiger partial charge is 0.481 e. The molecule has 0 radical (unpaired) electrons. The van der Waals surface area contributed by atoms with Crippen LogP contribution in [0.4, 0.5) is 0 Å². The summed E-state index contributed by atoms with van der Waals surface area (Å²) in [5.74, 6) is 0.157. The van der Waals surface area contributed by atoms with Crippen molar-refractivity contribution in [2.45, 2.75) is 92.3 Å². The van der Waals surface area contributed by atoms with Crippen molar-refractivity contribution in [2.75, 3.05) is 0 Å². The Morgan fingerprint density at radius 3 is 1.50 bits per heavy atom. The van der Waals surface area contributed by atoms with Crippen LogP contribution in [-0.4, -0.2) is 39.3 Å². The number of carboxylic acids is 1. The topological polar surface area (TPSA) is 101 Å². The summed E-state index contributed by atoms with van der Waals surface area (Å²) < 4.78 is 5.18. The predicted octanol–water partition coefficient (Wildman–Crippen LogP) is 6.01. The van der Waals surface area contributed by atoms with Crippen molar-refractivity contribution in [1.29, 1.82) is 0 Å². The van der Waals surface area contributed by atoms with Crippen molar-refractivity contribution >= 4 is 17.9 Å². The molecule has 0 saturated heterocycles. The highest BCUT2D eigenvalue weighted by atomic mass is 16.6. The van der Waals surface area contributed by atoms with Crippen molar-refractivity contribution in [1.82, 2.24) is 0 Å². The van der Waals surface area contributed by atoms with Crippen molar-refractivity contribution in [3.05, 3.63) is 55.2 Å². The van der Waals surface area contributed by atoms with Crippen LogP contribution in [0.2, 0.25) is 0 Å². The summed E-state index contributed by atoms with van der Waals surface area (Å²) >= 11 is 0. The van der Waals surface area contributed by atoms with Gasteiger partial charge in [0.15, 0.2) is 0 Å². The number of carbonyl (C=O) groups excluding carboxylic acids is 2. The van der Waals surface area contributed by atoms with Crippen LogP contribution in [0.1, 0.15) is 81.1 Å². The van der Waals surface area contributed by atoms with Gasteiger partial charge in [-0.2, -0.15) is 0 Å². The molecular formula is C26H44O6. The Hall–Kier alpha value is -2.69. The lowest BCUT2D eigenvalue weighted by molar-refractivity contribution is -0.151. The van der Waals surface area contributed by atoms with Crippen LogP contribution < -0.4 is 0 Å². The molecule has 0 aromatic heterocycles. The number of aliphatic hydroxyl groups is 1. The summed E-state index contributed by atoms with van der Waals surface area (Å²) in [5.41, 5.74) is 1.34. The molecule has 0 saturated carbocycles. The minimum Gasteiger partial charge on any atom is -0.481 e. The fraction of sp³-hybridized carbons (Fsp3) is 0.538. The first-order valence-electron chi connectivity index (χ1n) is 10.3. The fourth-order valence-corrected chi connectivity index (χ4v) is 1.93. The molecule has 184 valence electrons. The van der Waals surface area contributed by atoms with E-state index in [1.54, 1.807) is 19.1 Å². The third-order valence-corrected chi connectivity index (χ3v) is 3.64. The lowest BCUT2D eigenvalue weighted by Crippen LogP contribution is -2.27. The van der Waals surface area contributed by atoms with Crippen molar-refractivity contribution in [3.63, 3.8) is 0 Å². The molecule has 2 atom stereocenters. The van der Waals surface area contributed by atoms with E-state index in [1.807, 2.05) is 6.92 Å². The molecule has 0 aliphatic rings. The normalized spacial score (nSPS) is 12.4. The Morgan fingerprint density at radius 1 is 0.906 bits per heavy atom. The Labute approximate surface area is 195 Å². The van der Waals surface area contributed by atoms with Gasteiger partial charge in [-0.05, 0) is 79.9 Å². The number of hydrogen-bond donors (Lipinski definition) is 2. The third-order valence-electron chi connectivity index (χ3n) is 3.64. The summed E-state index contributed by atoms with van der Waals surface area (Å²) in [5, 5.41) is 16.9. The first-order chi connectivity index (χ1) is 14.5. The van der Waals surface area contributed by atoms with Crippen LogP contribution in [-0.2, 0) is 19.1 Å². The van der Waals surface area contributed by atoms with Gasteiger partial charge >= 0.3 is 5.97 Å². The van der Waals surface area contributed by atoms with Gasteiger partial charge in [-0.1, -0.05) is 36.0 Å². The summed E-state index contributed by atoms with van der Waals surface area (Å²) in [6.07, 6.45) is 10.9. The zero-order valence-corrected chi connectivity index (χ0v) is 21.3. The number of rotatable bonds is 9. The molecule has 2 unspecified atom stereocenters. The van der Waals surface area contributed by atoms with Crippen LogP contribution in [0, 0.1) is 0 Å². The maximum absolute atomic E-state index is 10.8. The quantitative estimate of drug-likeness (QED) is 0.252. The van der Waals surface area contributed by atoms with Gasteiger partial charge in [-0.3, -0.25) is 9.59 Å². The fourth-order valence-electron chi connectivity index (χ4n) is 1.93. The summed E-state index contributed by atoms with van der Waals surface area (Å²) in [6.45, 7) is 24.3. The van der Waals surface area contributed by atoms with E-state index in [9.17, 15) is 9.90 Å². The number of carboxylic acid groups (broad SMARTS) is 1. The van der Waals surface area contributed by atoms with Crippen molar-refractivity contribution in [3.8, 4) is 0 Å². The lowest BCUT2D eigenvalue weighted by Gasteiger charge is -2.24. The molecule has 0 spiro atoms. The molecule has 6 nitrogen and oxygen atoms in total. The van der Waals surface area contributed by atoms with Crippen molar-refractivity contribution < 1.29 is 29.3 Å². The molecule has 0 heterocycles. The molecule has 0 bridgehead atoms. The van der Waals surface area contributed by atoms with E-state index < -0.39 is 17.2 Å². The first kappa shape index (κ1) is 36.7. The number of aliphatic carboxylic acids is 1. The number of carbonyl (C=O) groups is 2. The molecule has 0 aromatic rings. The Morgan fingerprint density at radius 2 is 1.25 bits per heavy atom. The van der Waals surface area contributed by atoms with Crippen LogP contribution in [0.3, 0.4) is 0 Å². The molecule has 0 fully saturated rings. The maximum atomic E-state index is 10.8. The summed E-state index contributed by atoms with van der Waals surface area (Å²) in [6, 6.07) is 0. The average Bonchev–Trinajstić information content (AvgIpc) is 2.61. The predicted molar refractivity (Wildman–Crippen MR) is 133 cm³/mol. The molecule has 2 N–H and O–H groups in total. The van der Waals surface area contributed by atoms with Gasteiger partial charge in [0.1, 0.15) is 11.5 Å². The molecule has 0 rings (SSSR count). The zero-order valence-electron chi connectivity index (χ0n) is 21.3. The molecule has 0 aliphatic carbocycles. The third kappa shape index (κ3) is 38.0. The smallest absolute Gasteiger partial charge is 0.303 e. The van der Waals surface area contributed by atoms with Gasteiger partial charge in [0, 0.05) is 13.8 Å². The van der Waals surface area contributed by atoms with E-state index in [2.05, 4.69) is 59.6 Å².